The van der Waals surface area contributed by atoms with Gasteiger partial charge < -0.3 is 14.9 Å². The van der Waals surface area contributed by atoms with E-state index in [1.54, 1.807) is 6.07 Å². The molecule has 2 heterocycles. The molecule has 2 aromatic rings. The standard InChI is InChI=1S/C17H20FN3O2/c1-20(2)15-9-13(12-5-3-4-6-14(12)19-15)16(23)21-8-7-17(18,10-21)11-22/h3-6,9,22H,7-8,10-11H2,1-2H3. The largest absolute Gasteiger partial charge is 0.393 e. The summed E-state index contributed by atoms with van der Waals surface area (Å²) < 4.78 is 14.2. The number of carbonyl (C=O) groups is 1. The van der Waals surface area contributed by atoms with E-state index in [1.165, 1.54) is 4.90 Å². The topological polar surface area (TPSA) is 56.7 Å². The Bertz CT molecular complexity index is 750. The van der Waals surface area contributed by atoms with Crippen molar-refractivity contribution in [2.75, 3.05) is 38.7 Å². The minimum absolute atomic E-state index is 0.0731. The van der Waals surface area contributed by atoms with Crippen LogP contribution in [-0.4, -0.2) is 60.4 Å². The summed E-state index contributed by atoms with van der Waals surface area (Å²) >= 11 is 0. The smallest absolute Gasteiger partial charge is 0.254 e. The number of fused-ring (bicyclic) bond motifs is 1. The van der Waals surface area contributed by atoms with Crippen LogP contribution in [0.1, 0.15) is 16.8 Å². The highest BCUT2D eigenvalue weighted by Gasteiger charge is 2.40. The van der Waals surface area contributed by atoms with Crippen LogP contribution in [0, 0.1) is 0 Å². The van der Waals surface area contributed by atoms with Crippen LogP contribution in [0.5, 0.6) is 0 Å². The molecule has 0 radical (unpaired) electrons. The first-order chi connectivity index (χ1) is 10.9. The first-order valence-corrected chi connectivity index (χ1v) is 7.60. The number of nitrogens with zero attached hydrogens (tertiary/aromatic N) is 3. The Balaban J connectivity index is 2.03. The minimum Gasteiger partial charge on any atom is -0.393 e. The third kappa shape index (κ3) is 2.86. The highest BCUT2D eigenvalue weighted by atomic mass is 19.1. The number of carbonyl (C=O) groups excluding carboxylic acids is 1. The lowest BCUT2D eigenvalue weighted by Gasteiger charge is -2.21. The molecule has 1 atom stereocenters. The number of amides is 1. The normalized spacial score (nSPS) is 21.0. The molecule has 1 N–H and O–H groups in total. The number of aliphatic hydroxyl groups excluding tert-OH is 1. The van der Waals surface area contributed by atoms with E-state index in [-0.39, 0.29) is 18.9 Å². The fourth-order valence-electron chi connectivity index (χ4n) is 2.88. The summed E-state index contributed by atoms with van der Waals surface area (Å²) in [7, 11) is 3.72. The van der Waals surface area contributed by atoms with Gasteiger partial charge in [-0.3, -0.25) is 4.79 Å². The zero-order valence-electron chi connectivity index (χ0n) is 13.3. The Labute approximate surface area is 134 Å². The molecule has 3 rings (SSSR count). The Kier molecular flexibility index (Phi) is 3.93. The van der Waals surface area contributed by atoms with Gasteiger partial charge in [0.25, 0.3) is 5.91 Å². The monoisotopic (exact) mass is 317 g/mol. The van der Waals surface area contributed by atoms with Crippen LogP contribution in [-0.2, 0) is 0 Å². The number of para-hydroxylation sites is 1. The van der Waals surface area contributed by atoms with Gasteiger partial charge in [-0.15, -0.1) is 0 Å². The molecule has 1 saturated heterocycles. The van der Waals surface area contributed by atoms with Crippen molar-refractivity contribution in [3.8, 4) is 0 Å². The third-order valence-electron chi connectivity index (χ3n) is 4.27. The number of aliphatic hydroxyl groups is 1. The van der Waals surface area contributed by atoms with Gasteiger partial charge in [0.1, 0.15) is 5.82 Å². The number of halogens is 1. The molecule has 0 saturated carbocycles. The van der Waals surface area contributed by atoms with E-state index in [4.69, 9.17) is 5.11 Å². The van der Waals surface area contributed by atoms with E-state index >= 15 is 0 Å². The van der Waals surface area contributed by atoms with Gasteiger partial charge in [-0.2, -0.15) is 0 Å². The van der Waals surface area contributed by atoms with E-state index in [9.17, 15) is 9.18 Å². The summed E-state index contributed by atoms with van der Waals surface area (Å²) in [4.78, 5) is 20.7. The molecule has 1 fully saturated rings. The number of likely N-dealkylation sites (tertiary alicyclic amines) is 1. The van der Waals surface area contributed by atoms with Gasteiger partial charge in [0.2, 0.25) is 0 Å². The van der Waals surface area contributed by atoms with Crippen molar-refractivity contribution in [2.24, 2.45) is 0 Å². The van der Waals surface area contributed by atoms with Crippen molar-refractivity contribution < 1.29 is 14.3 Å². The van der Waals surface area contributed by atoms with E-state index < -0.39 is 12.3 Å². The van der Waals surface area contributed by atoms with Gasteiger partial charge in [-0.25, -0.2) is 9.37 Å². The van der Waals surface area contributed by atoms with Crippen molar-refractivity contribution in [1.82, 2.24) is 9.88 Å². The van der Waals surface area contributed by atoms with Crippen molar-refractivity contribution in [3.63, 3.8) is 0 Å². The minimum atomic E-state index is -1.69. The number of pyridine rings is 1. The van der Waals surface area contributed by atoms with Gasteiger partial charge >= 0.3 is 0 Å². The third-order valence-corrected chi connectivity index (χ3v) is 4.27. The maximum atomic E-state index is 14.2. The summed E-state index contributed by atoms with van der Waals surface area (Å²) in [5.41, 5.74) is -0.445. The lowest BCUT2D eigenvalue weighted by Crippen LogP contribution is -2.35. The van der Waals surface area contributed by atoms with Gasteiger partial charge in [0.05, 0.1) is 24.2 Å². The van der Waals surface area contributed by atoms with Gasteiger partial charge in [-0.05, 0) is 12.1 Å². The predicted molar refractivity (Wildman–Crippen MR) is 87.5 cm³/mol. The van der Waals surface area contributed by atoms with Gasteiger partial charge in [0, 0.05) is 32.4 Å². The molecule has 0 spiro atoms. The Morgan fingerprint density at radius 3 is 2.83 bits per heavy atom. The predicted octanol–water partition coefficient (Wildman–Crippen LogP) is 1.85. The second kappa shape index (κ2) is 5.77. The molecule has 0 aliphatic carbocycles. The van der Waals surface area contributed by atoms with E-state index in [0.717, 1.165) is 10.9 Å². The van der Waals surface area contributed by atoms with Crippen LogP contribution < -0.4 is 4.90 Å². The average Bonchev–Trinajstić information content (AvgIpc) is 2.96. The van der Waals surface area contributed by atoms with Crippen LogP contribution in [0.15, 0.2) is 30.3 Å². The molecule has 23 heavy (non-hydrogen) atoms. The van der Waals surface area contributed by atoms with Crippen molar-refractivity contribution in [2.45, 2.75) is 12.1 Å². The lowest BCUT2D eigenvalue weighted by atomic mass is 10.1. The average molecular weight is 317 g/mol. The fourth-order valence-corrected chi connectivity index (χ4v) is 2.88. The van der Waals surface area contributed by atoms with Crippen molar-refractivity contribution >= 4 is 22.6 Å². The summed E-state index contributed by atoms with van der Waals surface area (Å²) in [6.45, 7) is -0.322. The molecule has 1 aliphatic rings. The lowest BCUT2D eigenvalue weighted by molar-refractivity contribution is 0.0632. The molecule has 0 bridgehead atoms. The molecule has 6 heteroatoms. The molecular formula is C17H20FN3O2. The van der Waals surface area contributed by atoms with Crippen molar-refractivity contribution in [1.29, 1.82) is 0 Å². The number of rotatable bonds is 3. The molecule has 1 aromatic carbocycles. The van der Waals surface area contributed by atoms with Crippen LogP contribution in [0.4, 0.5) is 10.2 Å². The molecule has 122 valence electrons. The van der Waals surface area contributed by atoms with Crippen molar-refractivity contribution in [3.05, 3.63) is 35.9 Å². The summed E-state index contributed by atoms with van der Waals surface area (Å²) in [6.07, 6.45) is 0.165. The summed E-state index contributed by atoms with van der Waals surface area (Å²) in [5.74, 6) is 0.458. The summed E-state index contributed by atoms with van der Waals surface area (Å²) in [5, 5.41) is 9.91. The van der Waals surface area contributed by atoms with Gasteiger partial charge in [0.15, 0.2) is 5.67 Å². The van der Waals surface area contributed by atoms with Crippen LogP contribution >= 0.6 is 0 Å². The Morgan fingerprint density at radius 2 is 2.17 bits per heavy atom. The SMILES string of the molecule is CN(C)c1cc(C(=O)N2CCC(F)(CO)C2)c2ccccc2n1. The van der Waals surface area contributed by atoms with Crippen LogP contribution in [0.25, 0.3) is 10.9 Å². The molecular weight excluding hydrogens is 297 g/mol. The fraction of sp³-hybridized carbons (Fsp3) is 0.412. The highest BCUT2D eigenvalue weighted by molar-refractivity contribution is 6.07. The number of alkyl halides is 1. The first-order valence-electron chi connectivity index (χ1n) is 7.60. The maximum Gasteiger partial charge on any atom is 0.254 e. The van der Waals surface area contributed by atoms with E-state index in [2.05, 4.69) is 4.98 Å². The second-order valence-corrected chi connectivity index (χ2v) is 6.23. The van der Waals surface area contributed by atoms with Gasteiger partial charge in [-0.1, -0.05) is 18.2 Å². The molecule has 1 aromatic heterocycles. The molecule has 1 aliphatic heterocycles. The maximum absolute atomic E-state index is 14.2. The van der Waals surface area contributed by atoms with E-state index in [1.807, 2.05) is 43.3 Å². The number of anilines is 1. The molecule has 1 amide bonds. The van der Waals surface area contributed by atoms with Crippen LogP contribution in [0.3, 0.4) is 0 Å². The Hall–Kier alpha value is -2.21. The van der Waals surface area contributed by atoms with Crippen LogP contribution in [0.2, 0.25) is 0 Å². The molecule has 5 nitrogen and oxygen atoms in total. The first kappa shape index (κ1) is 15.7. The zero-order chi connectivity index (χ0) is 16.6. The second-order valence-electron chi connectivity index (χ2n) is 6.23. The number of aromatic nitrogens is 1. The number of hydrogen-bond donors (Lipinski definition) is 1. The number of benzene rings is 1. The quantitative estimate of drug-likeness (QED) is 0.938. The molecule has 1 unspecified atom stereocenters. The van der Waals surface area contributed by atoms with E-state index in [0.29, 0.717) is 17.9 Å². The zero-order valence-corrected chi connectivity index (χ0v) is 13.3. The Morgan fingerprint density at radius 1 is 1.43 bits per heavy atom. The summed E-state index contributed by atoms with van der Waals surface area (Å²) in [6, 6.07) is 9.17. The highest BCUT2D eigenvalue weighted by Crippen LogP contribution is 2.29. The number of hydrogen-bond acceptors (Lipinski definition) is 4.